The number of nitrogens with zero attached hydrogens (tertiary/aromatic N) is 1. The van der Waals surface area contributed by atoms with E-state index in [0.717, 1.165) is 4.90 Å². The third kappa shape index (κ3) is 3.68. The predicted molar refractivity (Wildman–Crippen MR) is 94.8 cm³/mol. The minimum absolute atomic E-state index is 0.156. The van der Waals surface area contributed by atoms with Gasteiger partial charge in [0.15, 0.2) is 11.5 Å². The minimum atomic E-state index is -0.469. The molecular weight excluding hydrogens is 376 g/mol. The first kappa shape index (κ1) is 17.8. The standard InChI is InChI=1S/C17H17BrN2O4/c1-4-6-20-16(21)13(19-17(20)22)9-11-8-12(18)15(24-7-5-2)14(10-11)23-3/h4-5,8-10H,1-2,6-7H2,3H3,(H,19,22)/b13-9+. The highest BCUT2D eigenvalue weighted by Crippen LogP contribution is 2.37. The van der Waals surface area contributed by atoms with Gasteiger partial charge in [0.05, 0.1) is 11.6 Å². The number of nitrogens with one attached hydrogen (secondary N) is 1. The maximum atomic E-state index is 12.2. The summed E-state index contributed by atoms with van der Waals surface area (Å²) in [6.45, 7) is 7.63. The van der Waals surface area contributed by atoms with E-state index in [1.165, 1.54) is 13.2 Å². The fraction of sp³-hybridized carbons (Fsp3) is 0.176. The van der Waals surface area contributed by atoms with Crippen molar-refractivity contribution in [3.63, 3.8) is 0 Å². The molecule has 0 bridgehead atoms. The zero-order valence-electron chi connectivity index (χ0n) is 13.2. The molecule has 0 atom stereocenters. The Morgan fingerprint density at radius 3 is 2.67 bits per heavy atom. The molecule has 1 N–H and O–H groups in total. The van der Waals surface area contributed by atoms with Gasteiger partial charge in [-0.3, -0.25) is 9.69 Å². The van der Waals surface area contributed by atoms with E-state index in [4.69, 9.17) is 9.47 Å². The molecule has 0 spiro atoms. The van der Waals surface area contributed by atoms with Gasteiger partial charge in [0.2, 0.25) is 0 Å². The van der Waals surface area contributed by atoms with Gasteiger partial charge in [-0.05, 0) is 39.7 Å². The Morgan fingerprint density at radius 1 is 1.29 bits per heavy atom. The summed E-state index contributed by atoms with van der Waals surface area (Å²) in [7, 11) is 1.52. The summed E-state index contributed by atoms with van der Waals surface area (Å²) in [4.78, 5) is 25.1. The van der Waals surface area contributed by atoms with E-state index >= 15 is 0 Å². The molecule has 6 nitrogen and oxygen atoms in total. The zero-order valence-corrected chi connectivity index (χ0v) is 14.8. The molecule has 1 saturated heterocycles. The number of carbonyl (C=O) groups is 2. The van der Waals surface area contributed by atoms with E-state index in [1.807, 2.05) is 0 Å². The summed E-state index contributed by atoms with van der Waals surface area (Å²) in [5.74, 6) is 0.634. The van der Waals surface area contributed by atoms with Crippen molar-refractivity contribution in [3.8, 4) is 11.5 Å². The summed E-state index contributed by atoms with van der Waals surface area (Å²) in [6, 6.07) is 3.01. The highest BCUT2D eigenvalue weighted by Gasteiger charge is 2.32. The number of ether oxygens (including phenoxy) is 2. The molecule has 24 heavy (non-hydrogen) atoms. The Morgan fingerprint density at radius 2 is 2.04 bits per heavy atom. The number of halogens is 1. The summed E-state index contributed by atoms with van der Waals surface area (Å²) < 4.78 is 11.5. The fourth-order valence-corrected chi connectivity index (χ4v) is 2.71. The van der Waals surface area contributed by atoms with Gasteiger partial charge in [-0.1, -0.05) is 18.7 Å². The number of hydrogen-bond acceptors (Lipinski definition) is 4. The number of rotatable bonds is 7. The van der Waals surface area contributed by atoms with Crippen LogP contribution in [0, 0.1) is 0 Å². The van der Waals surface area contributed by atoms with Crippen LogP contribution in [0.15, 0.2) is 47.6 Å². The van der Waals surface area contributed by atoms with Gasteiger partial charge in [0, 0.05) is 6.54 Å². The van der Waals surface area contributed by atoms with Crippen LogP contribution in [0.1, 0.15) is 5.56 Å². The highest BCUT2D eigenvalue weighted by atomic mass is 79.9. The second-order valence-electron chi connectivity index (χ2n) is 4.83. The molecule has 0 radical (unpaired) electrons. The molecule has 1 aromatic carbocycles. The summed E-state index contributed by atoms with van der Waals surface area (Å²) in [5.41, 5.74) is 0.865. The van der Waals surface area contributed by atoms with Gasteiger partial charge in [-0.25, -0.2) is 4.79 Å². The van der Waals surface area contributed by atoms with E-state index < -0.39 is 11.9 Å². The molecule has 1 fully saturated rings. The van der Waals surface area contributed by atoms with Gasteiger partial charge in [-0.2, -0.15) is 0 Å². The molecule has 2 rings (SSSR count). The van der Waals surface area contributed by atoms with Gasteiger partial charge in [0.1, 0.15) is 12.3 Å². The molecule has 0 aromatic heterocycles. The fourth-order valence-electron chi connectivity index (χ4n) is 2.14. The second-order valence-corrected chi connectivity index (χ2v) is 5.68. The van der Waals surface area contributed by atoms with E-state index in [1.54, 1.807) is 24.3 Å². The average molecular weight is 393 g/mol. The lowest BCUT2D eigenvalue weighted by molar-refractivity contribution is -0.122. The number of carbonyl (C=O) groups excluding carboxylic acids is 2. The van der Waals surface area contributed by atoms with Crippen molar-refractivity contribution in [3.05, 3.63) is 53.2 Å². The van der Waals surface area contributed by atoms with Crippen LogP contribution in [-0.2, 0) is 4.79 Å². The Hall–Kier alpha value is -2.54. The molecule has 0 aliphatic carbocycles. The van der Waals surface area contributed by atoms with Crippen molar-refractivity contribution in [2.24, 2.45) is 0 Å². The first-order valence-corrected chi connectivity index (χ1v) is 7.87. The van der Waals surface area contributed by atoms with Gasteiger partial charge in [-0.15, -0.1) is 6.58 Å². The van der Waals surface area contributed by atoms with E-state index in [-0.39, 0.29) is 12.2 Å². The molecule has 3 amide bonds. The van der Waals surface area contributed by atoms with Crippen LogP contribution in [0.2, 0.25) is 0 Å². The summed E-state index contributed by atoms with van der Waals surface area (Å²) in [5, 5.41) is 2.54. The third-order valence-electron chi connectivity index (χ3n) is 3.18. The van der Waals surface area contributed by atoms with Crippen LogP contribution >= 0.6 is 15.9 Å². The smallest absolute Gasteiger partial charge is 0.329 e. The van der Waals surface area contributed by atoms with Gasteiger partial charge >= 0.3 is 6.03 Å². The topological polar surface area (TPSA) is 67.9 Å². The number of urea groups is 1. The van der Waals surface area contributed by atoms with E-state index in [2.05, 4.69) is 34.4 Å². The van der Waals surface area contributed by atoms with Gasteiger partial charge < -0.3 is 14.8 Å². The second kappa shape index (κ2) is 7.83. The number of hydrogen-bond donors (Lipinski definition) is 1. The molecular formula is C17H17BrN2O4. The number of methoxy groups -OCH3 is 1. The van der Waals surface area contributed by atoms with Crippen LogP contribution in [0.4, 0.5) is 4.79 Å². The summed E-state index contributed by atoms with van der Waals surface area (Å²) >= 11 is 3.42. The van der Waals surface area contributed by atoms with Crippen LogP contribution in [0.3, 0.4) is 0 Å². The Bertz CT molecular complexity index is 728. The maximum Gasteiger partial charge on any atom is 0.329 e. The SMILES string of the molecule is C=CCOc1c(Br)cc(/C=C2/NC(=O)N(CC=C)C2=O)cc1OC. The first-order chi connectivity index (χ1) is 11.5. The number of amides is 3. The lowest BCUT2D eigenvalue weighted by atomic mass is 10.1. The summed E-state index contributed by atoms with van der Waals surface area (Å²) in [6.07, 6.45) is 4.70. The van der Waals surface area contributed by atoms with Crippen molar-refractivity contribution in [1.82, 2.24) is 10.2 Å². The van der Waals surface area contributed by atoms with Crippen molar-refractivity contribution >= 4 is 33.9 Å². The van der Waals surface area contributed by atoms with Crippen LogP contribution in [0.5, 0.6) is 11.5 Å². The van der Waals surface area contributed by atoms with Crippen molar-refractivity contribution in [1.29, 1.82) is 0 Å². The molecule has 1 heterocycles. The normalized spacial score (nSPS) is 15.4. The van der Waals surface area contributed by atoms with Crippen molar-refractivity contribution in [2.75, 3.05) is 20.3 Å². The largest absolute Gasteiger partial charge is 0.493 e. The Kier molecular flexibility index (Phi) is 5.81. The molecule has 7 heteroatoms. The molecule has 1 aliphatic rings. The van der Waals surface area contributed by atoms with Crippen molar-refractivity contribution in [2.45, 2.75) is 0 Å². The van der Waals surface area contributed by atoms with Crippen LogP contribution in [-0.4, -0.2) is 37.1 Å². The molecule has 0 saturated carbocycles. The minimum Gasteiger partial charge on any atom is -0.493 e. The molecule has 1 aromatic rings. The third-order valence-corrected chi connectivity index (χ3v) is 3.77. The number of imide groups is 1. The molecule has 1 aliphatic heterocycles. The van der Waals surface area contributed by atoms with Crippen molar-refractivity contribution < 1.29 is 19.1 Å². The predicted octanol–water partition coefficient (Wildman–Crippen LogP) is 3.10. The maximum absolute atomic E-state index is 12.2. The average Bonchev–Trinajstić information content (AvgIpc) is 2.81. The van der Waals surface area contributed by atoms with E-state index in [9.17, 15) is 9.59 Å². The highest BCUT2D eigenvalue weighted by molar-refractivity contribution is 9.10. The van der Waals surface area contributed by atoms with Gasteiger partial charge in [0.25, 0.3) is 5.91 Å². The van der Waals surface area contributed by atoms with E-state index in [0.29, 0.717) is 28.1 Å². The Labute approximate surface area is 148 Å². The monoisotopic (exact) mass is 392 g/mol. The zero-order chi connectivity index (χ0) is 17.7. The molecule has 0 unspecified atom stereocenters. The first-order valence-electron chi connectivity index (χ1n) is 7.08. The lowest BCUT2D eigenvalue weighted by Gasteiger charge is -2.12. The molecule has 126 valence electrons. The number of benzene rings is 1. The van der Waals surface area contributed by atoms with Crippen LogP contribution < -0.4 is 14.8 Å². The lowest BCUT2D eigenvalue weighted by Crippen LogP contribution is -2.30. The Balaban J connectivity index is 2.34. The van der Waals surface area contributed by atoms with Crippen LogP contribution in [0.25, 0.3) is 6.08 Å². The quantitative estimate of drug-likeness (QED) is 0.439.